The molecule has 0 fully saturated rings. The van der Waals surface area contributed by atoms with Crippen LogP contribution in [0.15, 0.2) is 41.8 Å². The zero-order valence-electron chi connectivity index (χ0n) is 12.2. The van der Waals surface area contributed by atoms with Gasteiger partial charge in [0.25, 0.3) is 0 Å². The molecule has 0 aliphatic rings. The van der Waals surface area contributed by atoms with Gasteiger partial charge in [0.15, 0.2) is 0 Å². The molecule has 0 atom stereocenters. The minimum absolute atomic E-state index is 0.129. The van der Waals surface area contributed by atoms with Crippen molar-refractivity contribution in [1.82, 2.24) is 4.90 Å². The largest absolute Gasteiger partial charge is 0.365 e. The maximum atomic E-state index is 12.3. The number of benzene rings is 1. The lowest BCUT2D eigenvalue weighted by atomic mass is 10.2. The van der Waals surface area contributed by atoms with Crippen LogP contribution in [0, 0.1) is 6.92 Å². The van der Waals surface area contributed by atoms with E-state index in [0.29, 0.717) is 13.1 Å². The molecule has 0 unspecified atom stereocenters. The standard InChI is InChI=1S/C16H20N2OS/c1-13-9-10-20-15(13)11-18(3)16(19)12-17(2)14-7-5-4-6-8-14/h4-10H,11-12H2,1-3H3. The second kappa shape index (κ2) is 6.57. The Balaban J connectivity index is 1.93. The Morgan fingerprint density at radius 2 is 1.85 bits per heavy atom. The molecule has 20 heavy (non-hydrogen) atoms. The molecule has 0 bridgehead atoms. The Morgan fingerprint density at radius 1 is 1.15 bits per heavy atom. The third kappa shape index (κ3) is 3.61. The SMILES string of the molecule is Cc1ccsc1CN(C)C(=O)CN(C)c1ccccc1. The van der Waals surface area contributed by atoms with Crippen molar-refractivity contribution in [2.75, 3.05) is 25.5 Å². The van der Waals surface area contributed by atoms with E-state index in [-0.39, 0.29) is 5.91 Å². The number of hydrogen-bond acceptors (Lipinski definition) is 3. The number of rotatable bonds is 5. The summed E-state index contributed by atoms with van der Waals surface area (Å²) >= 11 is 1.70. The number of carbonyl (C=O) groups excluding carboxylic acids is 1. The van der Waals surface area contributed by atoms with Gasteiger partial charge in [-0.15, -0.1) is 11.3 Å². The third-order valence-electron chi connectivity index (χ3n) is 3.34. The van der Waals surface area contributed by atoms with Gasteiger partial charge in [0.1, 0.15) is 0 Å². The quantitative estimate of drug-likeness (QED) is 0.844. The number of aryl methyl sites for hydroxylation is 1. The number of anilines is 1. The summed E-state index contributed by atoms with van der Waals surface area (Å²) in [6.45, 7) is 3.16. The molecule has 1 aromatic carbocycles. The maximum absolute atomic E-state index is 12.3. The van der Waals surface area contributed by atoms with Crippen LogP contribution in [0.5, 0.6) is 0 Å². The van der Waals surface area contributed by atoms with Crippen LogP contribution in [0.3, 0.4) is 0 Å². The lowest BCUT2D eigenvalue weighted by Gasteiger charge is -2.23. The summed E-state index contributed by atoms with van der Waals surface area (Å²) in [5.74, 6) is 0.129. The topological polar surface area (TPSA) is 23.6 Å². The summed E-state index contributed by atoms with van der Waals surface area (Å²) in [6.07, 6.45) is 0. The number of hydrogen-bond donors (Lipinski definition) is 0. The van der Waals surface area contributed by atoms with Gasteiger partial charge >= 0.3 is 0 Å². The van der Waals surface area contributed by atoms with Gasteiger partial charge in [0.05, 0.1) is 13.1 Å². The third-order valence-corrected chi connectivity index (χ3v) is 4.35. The predicted octanol–water partition coefficient (Wildman–Crippen LogP) is 3.15. The van der Waals surface area contributed by atoms with Crippen LogP contribution in [0.2, 0.25) is 0 Å². The van der Waals surface area contributed by atoms with Crippen LogP contribution in [-0.4, -0.2) is 31.4 Å². The van der Waals surface area contributed by atoms with E-state index in [2.05, 4.69) is 18.4 Å². The van der Waals surface area contributed by atoms with E-state index in [9.17, 15) is 4.79 Å². The Morgan fingerprint density at radius 3 is 2.45 bits per heavy atom. The van der Waals surface area contributed by atoms with Crippen LogP contribution in [-0.2, 0) is 11.3 Å². The van der Waals surface area contributed by atoms with Crippen molar-refractivity contribution in [3.05, 3.63) is 52.2 Å². The Bertz CT molecular complexity index is 565. The molecule has 2 aromatic rings. The summed E-state index contributed by atoms with van der Waals surface area (Å²) in [5.41, 5.74) is 2.31. The molecule has 0 aliphatic carbocycles. The molecule has 4 heteroatoms. The molecule has 0 saturated heterocycles. The summed E-state index contributed by atoms with van der Waals surface area (Å²) in [7, 11) is 3.80. The fraction of sp³-hybridized carbons (Fsp3) is 0.312. The molecule has 0 saturated carbocycles. The highest BCUT2D eigenvalue weighted by Gasteiger charge is 2.13. The molecule has 106 valence electrons. The van der Waals surface area contributed by atoms with E-state index in [0.717, 1.165) is 5.69 Å². The lowest BCUT2D eigenvalue weighted by Crippen LogP contribution is -2.36. The Hall–Kier alpha value is -1.81. The molecule has 0 spiro atoms. The van der Waals surface area contributed by atoms with E-state index in [1.54, 1.807) is 16.2 Å². The number of amides is 1. The first kappa shape index (κ1) is 14.6. The highest BCUT2D eigenvalue weighted by Crippen LogP contribution is 2.17. The van der Waals surface area contributed by atoms with E-state index in [4.69, 9.17) is 0 Å². The van der Waals surface area contributed by atoms with Crippen molar-refractivity contribution in [2.24, 2.45) is 0 Å². The van der Waals surface area contributed by atoms with Crippen molar-refractivity contribution in [2.45, 2.75) is 13.5 Å². The van der Waals surface area contributed by atoms with Crippen molar-refractivity contribution >= 4 is 22.9 Å². The average molecular weight is 288 g/mol. The van der Waals surface area contributed by atoms with Crippen molar-refractivity contribution in [1.29, 1.82) is 0 Å². The molecule has 0 radical (unpaired) electrons. The fourth-order valence-electron chi connectivity index (χ4n) is 1.97. The second-order valence-electron chi connectivity index (χ2n) is 4.97. The monoisotopic (exact) mass is 288 g/mol. The van der Waals surface area contributed by atoms with E-state index >= 15 is 0 Å². The van der Waals surface area contributed by atoms with Crippen molar-refractivity contribution < 1.29 is 4.79 Å². The molecule has 2 rings (SSSR count). The van der Waals surface area contributed by atoms with Gasteiger partial charge in [-0.1, -0.05) is 18.2 Å². The van der Waals surface area contributed by atoms with Crippen LogP contribution < -0.4 is 4.90 Å². The van der Waals surface area contributed by atoms with E-state index in [1.807, 2.05) is 49.3 Å². The Kier molecular flexibility index (Phi) is 4.79. The van der Waals surface area contributed by atoms with Crippen molar-refractivity contribution in [3.8, 4) is 0 Å². The number of nitrogens with zero attached hydrogens (tertiary/aromatic N) is 2. The zero-order chi connectivity index (χ0) is 14.5. The number of carbonyl (C=O) groups is 1. The second-order valence-corrected chi connectivity index (χ2v) is 5.97. The predicted molar refractivity (Wildman–Crippen MR) is 85.2 cm³/mol. The van der Waals surface area contributed by atoms with Crippen LogP contribution in [0.1, 0.15) is 10.4 Å². The molecule has 1 aromatic heterocycles. The Labute approximate surface area is 124 Å². The van der Waals surface area contributed by atoms with Gasteiger partial charge in [-0.05, 0) is 36.1 Å². The first-order valence-corrected chi connectivity index (χ1v) is 7.49. The van der Waals surface area contributed by atoms with E-state index < -0.39 is 0 Å². The molecule has 1 amide bonds. The normalized spacial score (nSPS) is 10.3. The smallest absolute Gasteiger partial charge is 0.242 e. The molecule has 0 N–H and O–H groups in total. The molecular formula is C16H20N2OS. The van der Waals surface area contributed by atoms with Gasteiger partial charge in [-0.2, -0.15) is 0 Å². The maximum Gasteiger partial charge on any atom is 0.242 e. The highest BCUT2D eigenvalue weighted by atomic mass is 32.1. The highest BCUT2D eigenvalue weighted by molar-refractivity contribution is 7.10. The van der Waals surface area contributed by atoms with E-state index in [1.165, 1.54) is 10.4 Å². The summed E-state index contributed by atoms with van der Waals surface area (Å²) < 4.78 is 0. The van der Waals surface area contributed by atoms with Gasteiger partial charge in [-0.25, -0.2) is 0 Å². The van der Waals surface area contributed by atoms with Gasteiger partial charge < -0.3 is 9.80 Å². The van der Waals surface area contributed by atoms with Crippen molar-refractivity contribution in [3.63, 3.8) is 0 Å². The number of thiophene rings is 1. The molecule has 0 aliphatic heterocycles. The number of para-hydroxylation sites is 1. The van der Waals surface area contributed by atoms with Crippen LogP contribution in [0.4, 0.5) is 5.69 Å². The average Bonchev–Trinajstić information content (AvgIpc) is 2.85. The summed E-state index contributed by atoms with van der Waals surface area (Å²) in [4.78, 5) is 17.3. The number of likely N-dealkylation sites (N-methyl/N-ethyl adjacent to an activating group) is 2. The summed E-state index contributed by atoms with van der Waals surface area (Å²) in [5, 5.41) is 2.07. The molecular weight excluding hydrogens is 268 g/mol. The first-order chi connectivity index (χ1) is 9.58. The summed E-state index contributed by atoms with van der Waals surface area (Å²) in [6, 6.07) is 12.1. The molecule has 1 heterocycles. The van der Waals surface area contributed by atoms with Gasteiger partial charge in [0, 0.05) is 24.7 Å². The first-order valence-electron chi connectivity index (χ1n) is 6.61. The minimum atomic E-state index is 0.129. The zero-order valence-corrected chi connectivity index (χ0v) is 13.0. The minimum Gasteiger partial charge on any atom is -0.365 e. The van der Waals surface area contributed by atoms with Gasteiger partial charge in [0.2, 0.25) is 5.91 Å². The van der Waals surface area contributed by atoms with Crippen LogP contribution >= 0.6 is 11.3 Å². The fourth-order valence-corrected chi connectivity index (χ4v) is 2.93. The van der Waals surface area contributed by atoms with Gasteiger partial charge in [-0.3, -0.25) is 4.79 Å². The lowest BCUT2D eigenvalue weighted by molar-refractivity contribution is -0.128. The van der Waals surface area contributed by atoms with Crippen LogP contribution in [0.25, 0.3) is 0 Å². The molecule has 3 nitrogen and oxygen atoms in total.